The lowest BCUT2D eigenvalue weighted by Gasteiger charge is -2.02. The van der Waals surface area contributed by atoms with E-state index in [1.807, 2.05) is 55.5 Å². The van der Waals surface area contributed by atoms with Crippen LogP contribution >= 0.6 is 22.6 Å². The fourth-order valence-corrected chi connectivity index (χ4v) is 2.66. The van der Waals surface area contributed by atoms with Gasteiger partial charge in [0.15, 0.2) is 5.70 Å². The average Bonchev–Trinajstić information content (AvgIpc) is 2.80. The van der Waals surface area contributed by atoms with E-state index in [4.69, 9.17) is 4.74 Å². The molecule has 1 aliphatic heterocycles. The average molecular weight is 389 g/mol. The smallest absolute Gasteiger partial charge is 0.363 e. The number of halogens is 1. The van der Waals surface area contributed by atoms with Crippen LogP contribution < -0.4 is 0 Å². The van der Waals surface area contributed by atoms with Gasteiger partial charge in [-0.25, -0.2) is 9.79 Å². The molecule has 0 saturated carbocycles. The van der Waals surface area contributed by atoms with Gasteiger partial charge in [-0.1, -0.05) is 30.3 Å². The predicted molar refractivity (Wildman–Crippen MR) is 90.9 cm³/mol. The normalized spacial score (nSPS) is 16.0. The molecule has 0 unspecified atom stereocenters. The number of cyclic esters (lactones) is 1. The van der Waals surface area contributed by atoms with Crippen LogP contribution in [0.3, 0.4) is 0 Å². The summed E-state index contributed by atoms with van der Waals surface area (Å²) in [4.78, 5) is 16.3. The Balaban J connectivity index is 1.98. The van der Waals surface area contributed by atoms with E-state index in [9.17, 15) is 4.79 Å². The highest BCUT2D eigenvalue weighted by Crippen LogP contribution is 2.21. The van der Waals surface area contributed by atoms with Gasteiger partial charge in [0, 0.05) is 9.13 Å². The van der Waals surface area contributed by atoms with Gasteiger partial charge in [-0.3, -0.25) is 0 Å². The molecule has 3 nitrogen and oxygen atoms in total. The highest BCUT2D eigenvalue weighted by molar-refractivity contribution is 14.1. The number of benzene rings is 2. The fraction of sp³-hybridized carbons (Fsp3) is 0.0588. The second-order valence-electron chi connectivity index (χ2n) is 4.71. The largest absolute Gasteiger partial charge is 0.402 e. The van der Waals surface area contributed by atoms with Crippen molar-refractivity contribution in [1.82, 2.24) is 0 Å². The second-order valence-corrected chi connectivity index (χ2v) is 5.95. The molecule has 0 N–H and O–H groups in total. The van der Waals surface area contributed by atoms with E-state index < -0.39 is 5.97 Å². The maximum absolute atomic E-state index is 12.0. The number of aryl methyl sites for hydroxylation is 1. The summed E-state index contributed by atoms with van der Waals surface area (Å²) in [5.41, 5.74) is 3.13. The van der Waals surface area contributed by atoms with E-state index in [0.29, 0.717) is 11.6 Å². The van der Waals surface area contributed by atoms with Crippen LogP contribution in [-0.4, -0.2) is 11.9 Å². The molecule has 2 aromatic carbocycles. The first-order valence-electron chi connectivity index (χ1n) is 6.47. The van der Waals surface area contributed by atoms with Gasteiger partial charge in [0.25, 0.3) is 0 Å². The van der Waals surface area contributed by atoms with Gasteiger partial charge in [-0.05, 0) is 64.9 Å². The van der Waals surface area contributed by atoms with Gasteiger partial charge in [0.2, 0.25) is 5.90 Å². The minimum atomic E-state index is -0.410. The maximum Gasteiger partial charge on any atom is 0.363 e. The SMILES string of the molecule is Cc1ccccc1C1=NC(=Cc2cccc(I)c2)C(=O)O1. The minimum Gasteiger partial charge on any atom is -0.402 e. The Labute approximate surface area is 136 Å². The number of hydrogen-bond acceptors (Lipinski definition) is 3. The van der Waals surface area contributed by atoms with E-state index in [-0.39, 0.29) is 0 Å². The highest BCUT2D eigenvalue weighted by Gasteiger charge is 2.24. The van der Waals surface area contributed by atoms with Crippen LogP contribution in [0.15, 0.2) is 59.2 Å². The molecule has 0 aliphatic carbocycles. The Morgan fingerprint density at radius 3 is 2.71 bits per heavy atom. The standard InChI is InChI=1S/C17H12INO2/c1-11-5-2-3-8-14(11)16-19-15(17(20)21-16)10-12-6-4-7-13(18)9-12/h2-10H,1H3. The van der Waals surface area contributed by atoms with E-state index >= 15 is 0 Å². The topological polar surface area (TPSA) is 38.7 Å². The van der Waals surface area contributed by atoms with Crippen LogP contribution in [0.1, 0.15) is 16.7 Å². The molecule has 0 fully saturated rings. The fourth-order valence-electron chi connectivity index (χ4n) is 2.09. The summed E-state index contributed by atoms with van der Waals surface area (Å²) in [5.74, 6) is -0.0397. The Morgan fingerprint density at radius 2 is 1.95 bits per heavy atom. The van der Waals surface area contributed by atoms with Crippen LogP contribution in [0.5, 0.6) is 0 Å². The zero-order chi connectivity index (χ0) is 14.8. The van der Waals surface area contributed by atoms with Crippen molar-refractivity contribution in [3.05, 3.63) is 74.5 Å². The zero-order valence-electron chi connectivity index (χ0n) is 11.3. The van der Waals surface area contributed by atoms with Crippen LogP contribution in [0.2, 0.25) is 0 Å². The van der Waals surface area contributed by atoms with E-state index in [2.05, 4.69) is 27.6 Å². The Kier molecular flexibility index (Phi) is 3.88. The van der Waals surface area contributed by atoms with Crippen LogP contribution in [-0.2, 0) is 9.53 Å². The first kappa shape index (κ1) is 14.0. The zero-order valence-corrected chi connectivity index (χ0v) is 13.5. The van der Waals surface area contributed by atoms with Gasteiger partial charge in [-0.2, -0.15) is 0 Å². The summed E-state index contributed by atoms with van der Waals surface area (Å²) in [6.07, 6.45) is 1.75. The molecule has 1 aliphatic rings. The lowest BCUT2D eigenvalue weighted by molar-refractivity contribution is -0.129. The number of aliphatic imine (C=N–C) groups is 1. The van der Waals surface area contributed by atoms with Crippen molar-refractivity contribution in [2.45, 2.75) is 6.92 Å². The van der Waals surface area contributed by atoms with Crippen molar-refractivity contribution >= 4 is 40.5 Å². The van der Waals surface area contributed by atoms with Gasteiger partial charge in [-0.15, -0.1) is 0 Å². The number of esters is 1. The molecule has 3 rings (SSSR count). The molecular formula is C17H12INO2. The third-order valence-corrected chi connectivity index (χ3v) is 3.82. The quantitative estimate of drug-likeness (QED) is 0.443. The summed E-state index contributed by atoms with van der Waals surface area (Å²) in [6, 6.07) is 15.6. The summed E-state index contributed by atoms with van der Waals surface area (Å²) < 4.78 is 6.39. The lowest BCUT2D eigenvalue weighted by Crippen LogP contribution is -2.06. The predicted octanol–water partition coefficient (Wildman–Crippen LogP) is 3.94. The van der Waals surface area contributed by atoms with E-state index in [1.165, 1.54) is 0 Å². The third-order valence-electron chi connectivity index (χ3n) is 3.15. The minimum absolute atomic E-state index is 0.329. The van der Waals surface area contributed by atoms with Gasteiger partial charge in [0.05, 0.1) is 0 Å². The number of ether oxygens (including phenoxy) is 1. The number of carbonyl (C=O) groups excluding carboxylic acids is 1. The van der Waals surface area contributed by atoms with Crippen molar-refractivity contribution < 1.29 is 9.53 Å². The molecule has 21 heavy (non-hydrogen) atoms. The highest BCUT2D eigenvalue weighted by atomic mass is 127. The maximum atomic E-state index is 12.0. The first-order valence-corrected chi connectivity index (χ1v) is 7.55. The third kappa shape index (κ3) is 3.05. The Hall–Kier alpha value is -1.95. The molecule has 0 spiro atoms. The van der Waals surface area contributed by atoms with Crippen molar-refractivity contribution in [2.75, 3.05) is 0 Å². The molecule has 0 amide bonds. The van der Waals surface area contributed by atoms with Crippen molar-refractivity contribution in [3.8, 4) is 0 Å². The number of hydrogen-bond donors (Lipinski definition) is 0. The Morgan fingerprint density at radius 1 is 1.14 bits per heavy atom. The number of nitrogens with zero attached hydrogens (tertiary/aromatic N) is 1. The van der Waals surface area contributed by atoms with Crippen molar-refractivity contribution in [3.63, 3.8) is 0 Å². The van der Waals surface area contributed by atoms with E-state index in [1.54, 1.807) is 6.08 Å². The number of rotatable bonds is 2. The van der Waals surface area contributed by atoms with Gasteiger partial charge in [0.1, 0.15) is 0 Å². The lowest BCUT2D eigenvalue weighted by atomic mass is 10.1. The molecule has 0 aromatic heterocycles. The molecule has 0 bridgehead atoms. The molecule has 0 saturated heterocycles. The van der Waals surface area contributed by atoms with Crippen molar-refractivity contribution in [2.24, 2.45) is 4.99 Å². The second kappa shape index (κ2) is 5.81. The molecule has 104 valence electrons. The molecular weight excluding hydrogens is 377 g/mol. The molecule has 0 radical (unpaired) electrons. The Bertz CT molecular complexity index is 778. The molecule has 2 aromatic rings. The molecule has 4 heteroatoms. The van der Waals surface area contributed by atoms with Gasteiger partial charge < -0.3 is 4.74 Å². The van der Waals surface area contributed by atoms with Crippen LogP contribution in [0.25, 0.3) is 6.08 Å². The van der Waals surface area contributed by atoms with Crippen LogP contribution in [0, 0.1) is 10.5 Å². The van der Waals surface area contributed by atoms with E-state index in [0.717, 1.165) is 20.3 Å². The number of carbonyl (C=O) groups is 1. The molecule has 1 heterocycles. The molecule has 0 atom stereocenters. The summed E-state index contributed by atoms with van der Waals surface area (Å²) >= 11 is 2.23. The summed E-state index contributed by atoms with van der Waals surface area (Å²) in [6.45, 7) is 1.97. The first-order chi connectivity index (χ1) is 10.1. The van der Waals surface area contributed by atoms with Crippen LogP contribution in [0.4, 0.5) is 0 Å². The van der Waals surface area contributed by atoms with Gasteiger partial charge >= 0.3 is 5.97 Å². The monoisotopic (exact) mass is 389 g/mol. The summed E-state index contributed by atoms with van der Waals surface area (Å²) in [7, 11) is 0. The van der Waals surface area contributed by atoms with Crippen molar-refractivity contribution in [1.29, 1.82) is 0 Å². The summed E-state index contributed by atoms with van der Waals surface area (Å²) in [5, 5.41) is 0.